The summed E-state index contributed by atoms with van der Waals surface area (Å²) < 4.78 is 10.6. The summed E-state index contributed by atoms with van der Waals surface area (Å²) in [5, 5.41) is 6.06. The SMILES string of the molecule is Cc1nc(NCCCN(C)C)cc(C(=O)Nc2ccc3c(c2)OCO3)n1. The number of nitrogens with zero attached hydrogens (tertiary/aromatic N) is 3. The number of fused-ring (bicyclic) bond motifs is 1. The number of hydrogen-bond donors (Lipinski definition) is 2. The lowest BCUT2D eigenvalue weighted by atomic mass is 10.2. The molecule has 2 heterocycles. The van der Waals surface area contributed by atoms with Gasteiger partial charge in [-0.3, -0.25) is 4.79 Å². The summed E-state index contributed by atoms with van der Waals surface area (Å²) in [4.78, 5) is 23.2. The molecular formula is C18H23N5O3. The Bertz CT molecular complexity index is 794. The number of aromatic nitrogens is 2. The lowest BCUT2D eigenvalue weighted by molar-refractivity contribution is 0.102. The second-order valence-corrected chi connectivity index (χ2v) is 6.29. The smallest absolute Gasteiger partial charge is 0.274 e. The first-order valence-electron chi connectivity index (χ1n) is 8.46. The van der Waals surface area contributed by atoms with Crippen molar-refractivity contribution in [1.29, 1.82) is 0 Å². The highest BCUT2D eigenvalue weighted by molar-refractivity contribution is 6.03. The van der Waals surface area contributed by atoms with E-state index in [1.165, 1.54) is 0 Å². The molecule has 8 nitrogen and oxygen atoms in total. The van der Waals surface area contributed by atoms with E-state index in [1.54, 1.807) is 31.2 Å². The molecule has 0 bridgehead atoms. The third-order valence-electron chi connectivity index (χ3n) is 3.79. The van der Waals surface area contributed by atoms with Crippen LogP contribution in [0.1, 0.15) is 22.7 Å². The molecular weight excluding hydrogens is 334 g/mol. The fourth-order valence-electron chi connectivity index (χ4n) is 2.56. The minimum Gasteiger partial charge on any atom is -0.454 e. The minimum atomic E-state index is -0.300. The zero-order valence-electron chi connectivity index (χ0n) is 15.2. The average molecular weight is 357 g/mol. The number of aryl methyl sites for hydroxylation is 1. The number of anilines is 2. The standard InChI is InChI=1S/C18H23N5O3/c1-12-20-14(10-17(21-12)19-7-4-8-23(2)3)18(24)22-13-5-6-15-16(9-13)26-11-25-15/h5-6,9-10H,4,7-8,11H2,1-3H3,(H,22,24)(H,19,20,21). The van der Waals surface area contributed by atoms with Gasteiger partial charge in [-0.1, -0.05) is 0 Å². The van der Waals surface area contributed by atoms with Crippen molar-refractivity contribution < 1.29 is 14.3 Å². The van der Waals surface area contributed by atoms with Crippen molar-refractivity contribution in [1.82, 2.24) is 14.9 Å². The van der Waals surface area contributed by atoms with Crippen LogP contribution in [0.3, 0.4) is 0 Å². The number of nitrogens with one attached hydrogen (secondary N) is 2. The Balaban J connectivity index is 1.65. The van der Waals surface area contributed by atoms with Gasteiger partial charge in [-0.15, -0.1) is 0 Å². The second kappa shape index (κ2) is 8.01. The van der Waals surface area contributed by atoms with E-state index in [4.69, 9.17) is 9.47 Å². The molecule has 26 heavy (non-hydrogen) atoms. The molecule has 0 aliphatic carbocycles. The number of ether oxygens (including phenoxy) is 2. The van der Waals surface area contributed by atoms with Crippen LogP contribution in [0.25, 0.3) is 0 Å². The van der Waals surface area contributed by atoms with Crippen LogP contribution in [0, 0.1) is 6.92 Å². The van der Waals surface area contributed by atoms with Gasteiger partial charge in [-0.2, -0.15) is 0 Å². The molecule has 1 aromatic carbocycles. The maximum atomic E-state index is 12.5. The van der Waals surface area contributed by atoms with E-state index in [2.05, 4.69) is 25.5 Å². The molecule has 1 aliphatic rings. The molecule has 0 atom stereocenters. The molecule has 0 radical (unpaired) electrons. The number of carbonyl (C=O) groups excluding carboxylic acids is 1. The topological polar surface area (TPSA) is 88.6 Å². The highest BCUT2D eigenvalue weighted by Crippen LogP contribution is 2.34. The van der Waals surface area contributed by atoms with Gasteiger partial charge in [0.05, 0.1) is 0 Å². The van der Waals surface area contributed by atoms with Gasteiger partial charge in [0.25, 0.3) is 5.91 Å². The number of hydrogen-bond acceptors (Lipinski definition) is 7. The molecule has 1 amide bonds. The third kappa shape index (κ3) is 4.60. The van der Waals surface area contributed by atoms with Gasteiger partial charge in [0, 0.05) is 24.4 Å². The summed E-state index contributed by atoms with van der Waals surface area (Å²) in [6.45, 7) is 3.72. The predicted octanol–water partition coefficient (Wildman–Crippen LogP) is 2.13. The van der Waals surface area contributed by atoms with Crippen LogP contribution < -0.4 is 20.1 Å². The van der Waals surface area contributed by atoms with Crippen molar-refractivity contribution in [2.45, 2.75) is 13.3 Å². The fourth-order valence-corrected chi connectivity index (χ4v) is 2.56. The molecule has 0 saturated heterocycles. The summed E-state index contributed by atoms with van der Waals surface area (Å²) in [7, 11) is 4.07. The molecule has 0 saturated carbocycles. The maximum Gasteiger partial charge on any atom is 0.274 e. The molecule has 0 fully saturated rings. The Labute approximate surface area is 152 Å². The van der Waals surface area contributed by atoms with Crippen LogP contribution in [-0.4, -0.2) is 54.8 Å². The number of rotatable bonds is 7. The Morgan fingerprint density at radius 1 is 1.19 bits per heavy atom. The summed E-state index contributed by atoms with van der Waals surface area (Å²) in [5.74, 6) is 2.17. The van der Waals surface area contributed by atoms with Crippen molar-refractivity contribution in [2.24, 2.45) is 0 Å². The van der Waals surface area contributed by atoms with E-state index in [0.717, 1.165) is 19.5 Å². The van der Waals surface area contributed by atoms with Crippen LogP contribution in [0.15, 0.2) is 24.3 Å². The number of carbonyl (C=O) groups is 1. The van der Waals surface area contributed by atoms with Crippen LogP contribution in [0.5, 0.6) is 11.5 Å². The summed E-state index contributed by atoms with van der Waals surface area (Å²) in [6, 6.07) is 6.92. The van der Waals surface area contributed by atoms with Crippen molar-refractivity contribution in [3.8, 4) is 11.5 Å². The van der Waals surface area contributed by atoms with E-state index in [1.807, 2.05) is 14.1 Å². The Kier molecular flexibility index (Phi) is 5.52. The molecule has 138 valence electrons. The van der Waals surface area contributed by atoms with Gasteiger partial charge < -0.3 is 25.0 Å². The van der Waals surface area contributed by atoms with Crippen molar-refractivity contribution in [3.63, 3.8) is 0 Å². The summed E-state index contributed by atoms with van der Waals surface area (Å²) >= 11 is 0. The van der Waals surface area contributed by atoms with Crippen LogP contribution in [-0.2, 0) is 0 Å². The van der Waals surface area contributed by atoms with Gasteiger partial charge in [0.1, 0.15) is 17.3 Å². The van der Waals surface area contributed by atoms with Gasteiger partial charge >= 0.3 is 0 Å². The van der Waals surface area contributed by atoms with Gasteiger partial charge in [-0.05, 0) is 46.1 Å². The van der Waals surface area contributed by atoms with E-state index >= 15 is 0 Å². The Morgan fingerprint density at radius 3 is 2.81 bits per heavy atom. The second-order valence-electron chi connectivity index (χ2n) is 6.29. The quantitative estimate of drug-likeness (QED) is 0.734. The largest absolute Gasteiger partial charge is 0.454 e. The van der Waals surface area contributed by atoms with Gasteiger partial charge in [0.2, 0.25) is 6.79 Å². The molecule has 0 spiro atoms. The van der Waals surface area contributed by atoms with Crippen molar-refractivity contribution in [2.75, 3.05) is 44.6 Å². The molecule has 1 aliphatic heterocycles. The van der Waals surface area contributed by atoms with Crippen molar-refractivity contribution >= 4 is 17.4 Å². The van der Waals surface area contributed by atoms with E-state index in [0.29, 0.717) is 34.5 Å². The highest BCUT2D eigenvalue weighted by Gasteiger charge is 2.16. The average Bonchev–Trinajstić information content (AvgIpc) is 3.06. The van der Waals surface area contributed by atoms with Gasteiger partial charge in [0.15, 0.2) is 11.5 Å². The minimum absolute atomic E-state index is 0.195. The molecule has 2 aromatic rings. The molecule has 2 N–H and O–H groups in total. The molecule has 0 unspecified atom stereocenters. The number of amides is 1. The van der Waals surface area contributed by atoms with Crippen molar-refractivity contribution in [3.05, 3.63) is 35.8 Å². The lowest BCUT2D eigenvalue weighted by Crippen LogP contribution is -2.18. The first-order chi connectivity index (χ1) is 12.5. The normalized spacial score (nSPS) is 12.3. The predicted molar refractivity (Wildman–Crippen MR) is 98.9 cm³/mol. The summed E-state index contributed by atoms with van der Waals surface area (Å²) in [6.07, 6.45) is 0.981. The monoisotopic (exact) mass is 357 g/mol. The number of benzene rings is 1. The molecule has 8 heteroatoms. The lowest BCUT2D eigenvalue weighted by Gasteiger charge is -2.11. The van der Waals surface area contributed by atoms with Gasteiger partial charge in [-0.25, -0.2) is 9.97 Å². The fraction of sp³-hybridized carbons (Fsp3) is 0.389. The Morgan fingerprint density at radius 2 is 2.00 bits per heavy atom. The molecule has 1 aromatic heterocycles. The van der Waals surface area contributed by atoms with E-state index < -0.39 is 0 Å². The first-order valence-corrected chi connectivity index (χ1v) is 8.46. The van der Waals surface area contributed by atoms with Crippen LogP contribution >= 0.6 is 0 Å². The Hall–Kier alpha value is -2.87. The maximum absolute atomic E-state index is 12.5. The zero-order chi connectivity index (χ0) is 18.5. The molecule has 3 rings (SSSR count). The van der Waals surface area contributed by atoms with E-state index in [-0.39, 0.29) is 12.7 Å². The zero-order valence-corrected chi connectivity index (χ0v) is 15.2. The highest BCUT2D eigenvalue weighted by atomic mass is 16.7. The third-order valence-corrected chi connectivity index (χ3v) is 3.79. The van der Waals surface area contributed by atoms with Crippen LogP contribution in [0.4, 0.5) is 11.5 Å². The summed E-state index contributed by atoms with van der Waals surface area (Å²) in [5.41, 5.74) is 0.932. The van der Waals surface area contributed by atoms with E-state index in [9.17, 15) is 4.79 Å². The first kappa shape index (κ1) is 17.9. The van der Waals surface area contributed by atoms with Crippen LogP contribution in [0.2, 0.25) is 0 Å².